The molecule has 1 aromatic carbocycles. The Bertz CT molecular complexity index is 906. The topological polar surface area (TPSA) is 117 Å². The fourth-order valence-electron chi connectivity index (χ4n) is 3.11. The summed E-state index contributed by atoms with van der Waals surface area (Å²) in [6.45, 7) is 2.13. The summed E-state index contributed by atoms with van der Waals surface area (Å²) in [5.41, 5.74) is 1.65. The zero-order valence-electron chi connectivity index (χ0n) is 16.6. The lowest BCUT2D eigenvalue weighted by Gasteiger charge is -2.20. The number of hydrogen-bond donors (Lipinski definition) is 3. The van der Waals surface area contributed by atoms with Gasteiger partial charge in [0, 0.05) is 23.6 Å². The van der Waals surface area contributed by atoms with Gasteiger partial charge in [0.25, 0.3) is 0 Å². The first-order valence-corrected chi connectivity index (χ1v) is 9.97. The van der Waals surface area contributed by atoms with E-state index in [1.807, 2.05) is 24.3 Å². The summed E-state index contributed by atoms with van der Waals surface area (Å²) in [5.74, 6) is -0.565. The average Bonchev–Trinajstić information content (AvgIpc) is 3.48. The summed E-state index contributed by atoms with van der Waals surface area (Å²) in [5, 5.41) is 17.5. The van der Waals surface area contributed by atoms with Gasteiger partial charge in [0.2, 0.25) is 17.6 Å². The molecule has 3 N–H and O–H groups in total. The summed E-state index contributed by atoms with van der Waals surface area (Å²) in [6.07, 6.45) is 0.0560. The highest BCUT2D eigenvalue weighted by Gasteiger charge is 2.38. The molecule has 168 valence electrons. The molecule has 1 amide bonds. The maximum Gasteiger partial charge on any atom is 0.490 e. The lowest BCUT2D eigenvalue weighted by atomic mass is 9.95. The van der Waals surface area contributed by atoms with Crippen LogP contribution in [0.4, 0.5) is 18.9 Å². The molecule has 8 nitrogen and oxygen atoms in total. The third kappa shape index (κ3) is 7.06. The van der Waals surface area contributed by atoms with Crippen molar-refractivity contribution in [3.8, 4) is 11.4 Å². The molecule has 0 atom stereocenters. The smallest absolute Gasteiger partial charge is 0.475 e. The number of rotatable bonds is 5. The van der Waals surface area contributed by atoms with Crippen LogP contribution in [0.1, 0.15) is 31.6 Å². The van der Waals surface area contributed by atoms with E-state index in [1.54, 1.807) is 0 Å². The van der Waals surface area contributed by atoms with Crippen molar-refractivity contribution in [2.45, 2.75) is 38.3 Å². The number of hydrogen-bond acceptors (Lipinski definition) is 6. The standard InChI is InChI=1S/C18H22N4O2.C2HF3O2/c23-18(13-4-5-13)20-15-3-1-2-14(11-15)17-21-16(24-22-17)10-12-6-8-19-9-7-12;3-2(4,5)1(6)7/h1-3,11-13,19H,4-10H2,(H,20,23);(H,6,7). The number of piperidine rings is 1. The lowest BCUT2D eigenvalue weighted by Crippen LogP contribution is -2.28. The van der Waals surface area contributed by atoms with Crippen molar-refractivity contribution >= 4 is 17.6 Å². The number of carbonyl (C=O) groups is 2. The zero-order valence-corrected chi connectivity index (χ0v) is 16.6. The lowest BCUT2D eigenvalue weighted by molar-refractivity contribution is -0.192. The molecular weight excluding hydrogens is 417 g/mol. The van der Waals surface area contributed by atoms with Crippen LogP contribution in [0.15, 0.2) is 28.8 Å². The monoisotopic (exact) mass is 440 g/mol. The van der Waals surface area contributed by atoms with Crippen molar-refractivity contribution < 1.29 is 32.4 Å². The van der Waals surface area contributed by atoms with E-state index < -0.39 is 12.1 Å². The van der Waals surface area contributed by atoms with Gasteiger partial charge in [0.05, 0.1) is 0 Å². The van der Waals surface area contributed by atoms with E-state index in [-0.39, 0.29) is 11.8 Å². The molecule has 0 radical (unpaired) electrons. The number of carboxylic acids is 1. The second-order valence-electron chi connectivity index (χ2n) is 7.56. The third-order valence-electron chi connectivity index (χ3n) is 4.97. The summed E-state index contributed by atoms with van der Waals surface area (Å²) < 4.78 is 37.2. The highest BCUT2D eigenvalue weighted by Crippen LogP contribution is 2.30. The Morgan fingerprint density at radius 2 is 1.87 bits per heavy atom. The van der Waals surface area contributed by atoms with Crippen LogP contribution in [-0.4, -0.2) is 46.4 Å². The van der Waals surface area contributed by atoms with E-state index in [2.05, 4.69) is 20.8 Å². The van der Waals surface area contributed by atoms with Crippen LogP contribution in [0.5, 0.6) is 0 Å². The van der Waals surface area contributed by atoms with Crippen LogP contribution in [0.3, 0.4) is 0 Å². The minimum absolute atomic E-state index is 0.104. The molecule has 0 unspecified atom stereocenters. The number of alkyl halides is 3. The van der Waals surface area contributed by atoms with Gasteiger partial charge in [-0.2, -0.15) is 18.2 Å². The minimum Gasteiger partial charge on any atom is -0.475 e. The molecule has 2 aliphatic rings. The second kappa shape index (κ2) is 9.90. The van der Waals surface area contributed by atoms with Gasteiger partial charge in [-0.1, -0.05) is 17.3 Å². The predicted molar refractivity (Wildman–Crippen MR) is 104 cm³/mol. The van der Waals surface area contributed by atoms with Gasteiger partial charge in [-0.05, 0) is 56.8 Å². The quantitative estimate of drug-likeness (QED) is 0.653. The first-order chi connectivity index (χ1) is 14.7. The molecule has 2 heterocycles. The molecule has 4 rings (SSSR count). The Morgan fingerprint density at radius 1 is 1.19 bits per heavy atom. The maximum absolute atomic E-state index is 11.9. The SMILES string of the molecule is O=C(Nc1cccc(-c2noc(CC3CCNCC3)n2)c1)C1CC1.O=C(O)C(F)(F)F. The van der Waals surface area contributed by atoms with Crippen LogP contribution in [-0.2, 0) is 16.0 Å². The second-order valence-corrected chi connectivity index (χ2v) is 7.56. The number of halogens is 3. The number of amides is 1. The fraction of sp³-hybridized carbons (Fsp3) is 0.500. The van der Waals surface area contributed by atoms with E-state index in [9.17, 15) is 18.0 Å². The summed E-state index contributed by atoms with van der Waals surface area (Å²) in [7, 11) is 0. The molecule has 1 saturated carbocycles. The van der Waals surface area contributed by atoms with Gasteiger partial charge < -0.3 is 20.3 Å². The third-order valence-corrected chi connectivity index (χ3v) is 4.97. The minimum atomic E-state index is -5.08. The van der Waals surface area contributed by atoms with Gasteiger partial charge in [0.1, 0.15) is 0 Å². The zero-order chi connectivity index (χ0) is 22.4. The molecule has 31 heavy (non-hydrogen) atoms. The van der Waals surface area contributed by atoms with Crippen molar-refractivity contribution in [2.75, 3.05) is 18.4 Å². The van der Waals surface area contributed by atoms with Gasteiger partial charge >= 0.3 is 12.1 Å². The number of carbonyl (C=O) groups excluding carboxylic acids is 1. The maximum atomic E-state index is 11.9. The van der Waals surface area contributed by atoms with E-state index >= 15 is 0 Å². The Kier molecular flexibility index (Phi) is 7.26. The molecule has 1 aliphatic carbocycles. The first kappa shape index (κ1) is 22.7. The van der Waals surface area contributed by atoms with Gasteiger partial charge in [-0.3, -0.25) is 4.79 Å². The van der Waals surface area contributed by atoms with Crippen molar-refractivity contribution in [3.63, 3.8) is 0 Å². The van der Waals surface area contributed by atoms with Crippen molar-refractivity contribution in [1.29, 1.82) is 0 Å². The van der Waals surface area contributed by atoms with Crippen molar-refractivity contribution in [2.24, 2.45) is 11.8 Å². The Labute approximate surface area is 176 Å². The van der Waals surface area contributed by atoms with E-state index in [0.717, 1.165) is 56.4 Å². The highest BCUT2D eigenvalue weighted by atomic mass is 19.4. The number of aliphatic carboxylic acids is 1. The molecule has 1 aromatic heterocycles. The molecule has 2 aromatic rings. The number of carboxylic acid groups (broad SMARTS) is 1. The number of aromatic nitrogens is 2. The van der Waals surface area contributed by atoms with Crippen LogP contribution >= 0.6 is 0 Å². The van der Waals surface area contributed by atoms with E-state index in [1.165, 1.54) is 0 Å². The molecule has 0 spiro atoms. The van der Waals surface area contributed by atoms with E-state index in [4.69, 9.17) is 14.4 Å². The molecule has 1 saturated heterocycles. The summed E-state index contributed by atoms with van der Waals surface area (Å²) in [6, 6.07) is 7.63. The average molecular weight is 440 g/mol. The van der Waals surface area contributed by atoms with E-state index in [0.29, 0.717) is 17.6 Å². The normalized spacial score (nSPS) is 16.9. The molecule has 11 heteroatoms. The number of nitrogens with one attached hydrogen (secondary N) is 2. The highest BCUT2D eigenvalue weighted by molar-refractivity contribution is 5.94. The van der Waals surface area contributed by atoms with Gasteiger partial charge in [0.15, 0.2) is 0 Å². The van der Waals surface area contributed by atoms with Crippen LogP contribution in [0.25, 0.3) is 11.4 Å². The first-order valence-electron chi connectivity index (χ1n) is 9.97. The summed E-state index contributed by atoms with van der Waals surface area (Å²) >= 11 is 0. The van der Waals surface area contributed by atoms with Crippen molar-refractivity contribution in [1.82, 2.24) is 15.5 Å². The molecule has 1 aliphatic heterocycles. The molecule has 2 fully saturated rings. The fourth-order valence-corrected chi connectivity index (χ4v) is 3.11. The molecular formula is C20H23F3N4O4. The number of anilines is 1. The van der Waals surface area contributed by atoms with Crippen LogP contribution < -0.4 is 10.6 Å². The largest absolute Gasteiger partial charge is 0.490 e. The van der Waals surface area contributed by atoms with Gasteiger partial charge in [-0.15, -0.1) is 0 Å². The molecule has 0 bridgehead atoms. The number of nitrogens with zero attached hydrogens (tertiary/aromatic N) is 2. The Hall–Kier alpha value is -2.95. The Morgan fingerprint density at radius 3 is 2.48 bits per heavy atom. The Balaban J connectivity index is 0.000000339. The van der Waals surface area contributed by atoms with Crippen LogP contribution in [0.2, 0.25) is 0 Å². The van der Waals surface area contributed by atoms with Crippen molar-refractivity contribution in [3.05, 3.63) is 30.2 Å². The van der Waals surface area contributed by atoms with Crippen LogP contribution in [0, 0.1) is 11.8 Å². The van der Waals surface area contributed by atoms with Gasteiger partial charge in [-0.25, -0.2) is 4.79 Å². The number of benzene rings is 1. The summed E-state index contributed by atoms with van der Waals surface area (Å²) in [4.78, 5) is 25.3. The predicted octanol–water partition coefficient (Wildman–Crippen LogP) is 3.26.